The van der Waals surface area contributed by atoms with Crippen molar-refractivity contribution >= 4 is 5.91 Å². The number of aryl methyl sites for hydroxylation is 2. The van der Waals surface area contributed by atoms with Crippen molar-refractivity contribution in [2.45, 2.75) is 39.5 Å². The van der Waals surface area contributed by atoms with E-state index in [1.54, 1.807) is 17.1 Å². The van der Waals surface area contributed by atoms with E-state index in [4.69, 9.17) is 4.74 Å². The summed E-state index contributed by atoms with van der Waals surface area (Å²) in [6.45, 7) is 6.49. The number of ether oxygens (including phenoxy) is 1. The van der Waals surface area contributed by atoms with Gasteiger partial charge in [-0.05, 0) is 38.0 Å². The summed E-state index contributed by atoms with van der Waals surface area (Å²) in [4.78, 5) is 18.6. The van der Waals surface area contributed by atoms with Crippen LogP contribution in [0.25, 0.3) is 0 Å². The Morgan fingerprint density at radius 3 is 3.09 bits per heavy atom. The molecule has 3 rings (SSSR count). The Kier molecular flexibility index (Phi) is 4.71. The fraction of sp³-hybridized carbons (Fsp3) is 0.471. The van der Waals surface area contributed by atoms with E-state index < -0.39 is 0 Å². The Bertz CT molecular complexity index is 668. The van der Waals surface area contributed by atoms with Gasteiger partial charge in [-0.15, -0.1) is 0 Å². The fourth-order valence-electron chi connectivity index (χ4n) is 2.87. The minimum Gasteiger partial charge on any atom is -0.372 e. The van der Waals surface area contributed by atoms with E-state index in [1.165, 1.54) is 0 Å². The van der Waals surface area contributed by atoms with E-state index in [1.807, 2.05) is 36.9 Å². The van der Waals surface area contributed by atoms with Crippen LogP contribution in [-0.2, 0) is 17.9 Å². The molecule has 2 aromatic heterocycles. The summed E-state index contributed by atoms with van der Waals surface area (Å²) in [5.41, 5.74) is 2.59. The van der Waals surface area contributed by atoms with E-state index in [0.717, 1.165) is 24.2 Å². The molecule has 6 nitrogen and oxygen atoms in total. The zero-order valence-corrected chi connectivity index (χ0v) is 13.6. The van der Waals surface area contributed by atoms with Crippen molar-refractivity contribution in [1.82, 2.24) is 19.7 Å². The fourth-order valence-corrected chi connectivity index (χ4v) is 2.87. The molecule has 122 valence electrons. The summed E-state index contributed by atoms with van der Waals surface area (Å²) < 4.78 is 7.68. The molecule has 0 bridgehead atoms. The summed E-state index contributed by atoms with van der Waals surface area (Å²) in [5, 5.41) is 4.35. The number of likely N-dealkylation sites (tertiary alicyclic amines) is 1. The van der Waals surface area contributed by atoms with Crippen LogP contribution in [0.2, 0.25) is 0 Å². The van der Waals surface area contributed by atoms with Crippen molar-refractivity contribution in [3.05, 3.63) is 47.5 Å². The van der Waals surface area contributed by atoms with Crippen LogP contribution in [0.3, 0.4) is 0 Å². The Hall–Kier alpha value is -2.21. The molecular weight excluding hydrogens is 292 g/mol. The van der Waals surface area contributed by atoms with Gasteiger partial charge >= 0.3 is 0 Å². The normalized spacial score (nSPS) is 17.7. The first kappa shape index (κ1) is 15.7. The van der Waals surface area contributed by atoms with Gasteiger partial charge < -0.3 is 9.64 Å². The molecule has 6 heteroatoms. The maximum atomic E-state index is 12.7. The van der Waals surface area contributed by atoms with Gasteiger partial charge in [-0.25, -0.2) is 0 Å². The van der Waals surface area contributed by atoms with Crippen molar-refractivity contribution in [3.8, 4) is 0 Å². The molecule has 1 amide bonds. The van der Waals surface area contributed by atoms with Crippen molar-refractivity contribution in [2.24, 2.45) is 0 Å². The third-order valence-electron chi connectivity index (χ3n) is 4.06. The number of rotatable bonds is 5. The monoisotopic (exact) mass is 314 g/mol. The number of nitrogens with zero attached hydrogens (tertiary/aromatic N) is 4. The summed E-state index contributed by atoms with van der Waals surface area (Å²) in [7, 11) is 0. The Morgan fingerprint density at radius 2 is 2.35 bits per heavy atom. The molecule has 1 atom stereocenters. The molecule has 23 heavy (non-hydrogen) atoms. The van der Waals surface area contributed by atoms with Crippen molar-refractivity contribution in [1.29, 1.82) is 0 Å². The van der Waals surface area contributed by atoms with E-state index in [9.17, 15) is 4.79 Å². The number of amides is 1. The van der Waals surface area contributed by atoms with E-state index >= 15 is 0 Å². The molecule has 0 spiro atoms. The molecular formula is C17H22N4O2. The molecule has 3 heterocycles. The van der Waals surface area contributed by atoms with Crippen LogP contribution < -0.4 is 0 Å². The van der Waals surface area contributed by atoms with Gasteiger partial charge in [0.15, 0.2) is 0 Å². The molecule has 0 saturated carbocycles. The summed E-state index contributed by atoms with van der Waals surface area (Å²) in [6.07, 6.45) is 4.50. The van der Waals surface area contributed by atoms with Crippen molar-refractivity contribution in [3.63, 3.8) is 0 Å². The number of hydrogen-bond acceptors (Lipinski definition) is 4. The van der Waals surface area contributed by atoms with Gasteiger partial charge in [-0.3, -0.25) is 14.5 Å². The number of hydrogen-bond donors (Lipinski definition) is 0. The third-order valence-corrected chi connectivity index (χ3v) is 4.06. The lowest BCUT2D eigenvalue weighted by atomic mass is 10.3. The molecule has 0 aliphatic carbocycles. The first-order chi connectivity index (χ1) is 11.2. The Labute approximate surface area is 136 Å². The molecule has 0 radical (unpaired) electrons. The topological polar surface area (TPSA) is 60.2 Å². The Balaban J connectivity index is 1.57. The van der Waals surface area contributed by atoms with Crippen LogP contribution in [0.1, 0.15) is 35.1 Å². The van der Waals surface area contributed by atoms with Gasteiger partial charge in [0.25, 0.3) is 5.91 Å². The highest BCUT2D eigenvalue weighted by atomic mass is 16.5. The quantitative estimate of drug-likeness (QED) is 0.847. The maximum absolute atomic E-state index is 12.7. The molecule has 1 saturated heterocycles. The van der Waals surface area contributed by atoms with E-state index in [0.29, 0.717) is 25.4 Å². The highest BCUT2D eigenvalue weighted by molar-refractivity contribution is 5.93. The minimum atomic E-state index is 0.0416. The van der Waals surface area contributed by atoms with Crippen LogP contribution in [0.15, 0.2) is 30.6 Å². The van der Waals surface area contributed by atoms with Crippen LogP contribution in [0.4, 0.5) is 0 Å². The first-order valence-electron chi connectivity index (χ1n) is 8.01. The van der Waals surface area contributed by atoms with E-state index in [2.05, 4.69) is 10.1 Å². The molecule has 0 aromatic carbocycles. The molecule has 1 aliphatic heterocycles. The molecule has 1 aliphatic rings. The first-order valence-corrected chi connectivity index (χ1v) is 8.01. The minimum absolute atomic E-state index is 0.0416. The third kappa shape index (κ3) is 3.59. The number of carbonyl (C=O) groups is 1. The van der Waals surface area contributed by atoms with Gasteiger partial charge in [-0.2, -0.15) is 5.10 Å². The summed E-state index contributed by atoms with van der Waals surface area (Å²) in [5.74, 6) is 0.0416. The molecule has 1 fully saturated rings. The van der Waals surface area contributed by atoms with Crippen molar-refractivity contribution < 1.29 is 9.53 Å². The second kappa shape index (κ2) is 6.91. The lowest BCUT2D eigenvalue weighted by molar-refractivity contribution is 0.0433. The van der Waals surface area contributed by atoms with Gasteiger partial charge in [0.2, 0.25) is 0 Å². The molecule has 0 N–H and O–H groups in total. The standard InChI is InChI=1S/C17H22N4O2/c1-3-21-16(9-13(2)19-21)17(22)20-8-6-15(11-20)23-12-14-5-4-7-18-10-14/h4-5,7,9-10,15H,3,6,8,11-12H2,1-2H3. The lowest BCUT2D eigenvalue weighted by Crippen LogP contribution is -2.31. The average molecular weight is 314 g/mol. The Morgan fingerprint density at radius 1 is 1.48 bits per heavy atom. The van der Waals surface area contributed by atoms with E-state index in [-0.39, 0.29) is 12.0 Å². The SMILES string of the molecule is CCn1nc(C)cc1C(=O)N1CCC(OCc2cccnc2)C1. The number of aromatic nitrogens is 3. The number of pyridine rings is 1. The highest BCUT2D eigenvalue weighted by Gasteiger charge is 2.29. The number of carbonyl (C=O) groups excluding carboxylic acids is 1. The zero-order chi connectivity index (χ0) is 16.2. The molecule has 1 unspecified atom stereocenters. The highest BCUT2D eigenvalue weighted by Crippen LogP contribution is 2.18. The van der Waals surface area contributed by atoms with Gasteiger partial charge in [0.05, 0.1) is 18.4 Å². The van der Waals surface area contributed by atoms with Gasteiger partial charge in [0.1, 0.15) is 5.69 Å². The van der Waals surface area contributed by atoms with Crippen LogP contribution in [0.5, 0.6) is 0 Å². The van der Waals surface area contributed by atoms with Crippen molar-refractivity contribution in [2.75, 3.05) is 13.1 Å². The van der Waals surface area contributed by atoms with Gasteiger partial charge in [0, 0.05) is 32.0 Å². The average Bonchev–Trinajstić information content (AvgIpc) is 3.19. The second-order valence-corrected chi connectivity index (χ2v) is 5.82. The predicted octanol–water partition coefficient (Wildman–Crippen LogP) is 2.04. The summed E-state index contributed by atoms with van der Waals surface area (Å²) >= 11 is 0. The zero-order valence-electron chi connectivity index (χ0n) is 13.6. The van der Waals surface area contributed by atoms with Crippen LogP contribution in [0, 0.1) is 6.92 Å². The predicted molar refractivity (Wildman–Crippen MR) is 86.0 cm³/mol. The molecule has 2 aromatic rings. The van der Waals surface area contributed by atoms with Crippen LogP contribution >= 0.6 is 0 Å². The summed E-state index contributed by atoms with van der Waals surface area (Å²) in [6, 6.07) is 5.75. The maximum Gasteiger partial charge on any atom is 0.272 e. The van der Waals surface area contributed by atoms with Gasteiger partial charge in [-0.1, -0.05) is 6.07 Å². The lowest BCUT2D eigenvalue weighted by Gasteiger charge is -2.17. The van der Waals surface area contributed by atoms with Crippen LogP contribution in [-0.4, -0.2) is 44.8 Å². The second-order valence-electron chi connectivity index (χ2n) is 5.82. The smallest absolute Gasteiger partial charge is 0.272 e. The largest absolute Gasteiger partial charge is 0.372 e.